The van der Waals surface area contributed by atoms with Gasteiger partial charge in [-0.3, -0.25) is 4.79 Å². The summed E-state index contributed by atoms with van der Waals surface area (Å²) in [5.41, 5.74) is 0.341. The standard InChI is InChI=1S/C12H8N2O5S2/c15-11-8-3-1-2-4-9(8)21(18,19)14(11)5-7-6-20-10(13-7)12(16)17/h1-4,6H,5H2,(H,16,17). The third-order valence-corrected chi connectivity index (χ3v) is 5.62. The molecule has 1 N–H and O–H groups in total. The summed E-state index contributed by atoms with van der Waals surface area (Å²) >= 11 is 0.883. The van der Waals surface area contributed by atoms with Crippen LogP contribution in [0, 0.1) is 0 Å². The molecule has 3 rings (SSSR count). The molecule has 1 aliphatic heterocycles. The van der Waals surface area contributed by atoms with Gasteiger partial charge in [0, 0.05) is 5.38 Å². The van der Waals surface area contributed by atoms with Crippen LogP contribution in [-0.4, -0.2) is 34.7 Å². The Balaban J connectivity index is 1.97. The van der Waals surface area contributed by atoms with Crippen LogP contribution in [0.4, 0.5) is 0 Å². The van der Waals surface area contributed by atoms with Crippen molar-refractivity contribution < 1.29 is 23.1 Å². The first kappa shape index (κ1) is 13.7. The highest BCUT2D eigenvalue weighted by Crippen LogP contribution is 2.31. The Bertz CT molecular complexity index is 856. The van der Waals surface area contributed by atoms with Crippen LogP contribution in [0.5, 0.6) is 0 Å². The number of hydrogen-bond donors (Lipinski definition) is 1. The van der Waals surface area contributed by atoms with Crippen LogP contribution in [0.3, 0.4) is 0 Å². The first-order chi connectivity index (χ1) is 9.91. The molecule has 0 bridgehead atoms. The van der Waals surface area contributed by atoms with Crippen molar-refractivity contribution in [3.63, 3.8) is 0 Å². The van der Waals surface area contributed by atoms with E-state index in [4.69, 9.17) is 5.11 Å². The second-order valence-corrected chi connectivity index (χ2v) is 6.95. The Labute approximate surface area is 123 Å². The molecule has 0 radical (unpaired) electrons. The molecule has 0 unspecified atom stereocenters. The number of sulfonamides is 1. The summed E-state index contributed by atoms with van der Waals surface area (Å²) in [6.45, 7) is -0.278. The van der Waals surface area contributed by atoms with Gasteiger partial charge in [0.25, 0.3) is 15.9 Å². The number of carbonyl (C=O) groups is 2. The molecule has 7 nitrogen and oxygen atoms in total. The highest BCUT2D eigenvalue weighted by Gasteiger charge is 2.41. The average Bonchev–Trinajstić information content (AvgIpc) is 2.98. The molecular weight excluding hydrogens is 316 g/mol. The monoisotopic (exact) mass is 324 g/mol. The Hall–Kier alpha value is -2.26. The maximum absolute atomic E-state index is 12.3. The smallest absolute Gasteiger partial charge is 0.365 e. The number of rotatable bonds is 3. The first-order valence-corrected chi connectivity index (χ1v) is 8.07. The molecule has 2 heterocycles. The average molecular weight is 324 g/mol. The number of carboxylic acid groups (broad SMARTS) is 1. The maximum atomic E-state index is 12.3. The van der Waals surface area contributed by atoms with Gasteiger partial charge in [-0.05, 0) is 12.1 Å². The molecule has 0 aliphatic carbocycles. The normalized spacial score (nSPS) is 16.0. The Morgan fingerprint density at radius 3 is 2.67 bits per heavy atom. The number of carboxylic acids is 1. The molecule has 21 heavy (non-hydrogen) atoms. The van der Waals surface area contributed by atoms with Gasteiger partial charge in [0.05, 0.1) is 17.8 Å². The van der Waals surface area contributed by atoms with Crippen LogP contribution in [0.15, 0.2) is 34.5 Å². The molecule has 2 aromatic rings. The van der Waals surface area contributed by atoms with Crippen LogP contribution >= 0.6 is 11.3 Å². The number of nitrogens with zero attached hydrogens (tertiary/aromatic N) is 2. The van der Waals surface area contributed by atoms with Crippen molar-refractivity contribution in [3.8, 4) is 0 Å². The van der Waals surface area contributed by atoms with Crippen molar-refractivity contribution in [2.75, 3.05) is 0 Å². The van der Waals surface area contributed by atoms with Gasteiger partial charge < -0.3 is 5.11 Å². The van der Waals surface area contributed by atoms with Crippen LogP contribution < -0.4 is 0 Å². The highest BCUT2D eigenvalue weighted by molar-refractivity contribution is 7.90. The van der Waals surface area contributed by atoms with Gasteiger partial charge >= 0.3 is 5.97 Å². The summed E-state index contributed by atoms with van der Waals surface area (Å²) in [4.78, 5) is 26.7. The fraction of sp³-hybridized carbons (Fsp3) is 0.0833. The minimum Gasteiger partial charge on any atom is -0.476 e. The number of benzene rings is 1. The van der Waals surface area contributed by atoms with E-state index in [0.717, 1.165) is 11.3 Å². The number of aromatic nitrogens is 1. The van der Waals surface area contributed by atoms with Gasteiger partial charge in [0.2, 0.25) is 5.01 Å². The number of aromatic carboxylic acids is 1. The van der Waals surface area contributed by atoms with E-state index in [-0.39, 0.29) is 27.7 Å². The Kier molecular flexibility index (Phi) is 3.03. The zero-order chi connectivity index (χ0) is 15.2. The maximum Gasteiger partial charge on any atom is 0.365 e. The van der Waals surface area contributed by atoms with E-state index in [1.807, 2.05) is 0 Å². The van der Waals surface area contributed by atoms with Gasteiger partial charge in [0.1, 0.15) is 4.90 Å². The molecule has 1 aromatic heterocycles. The topological polar surface area (TPSA) is 105 Å². The Morgan fingerprint density at radius 2 is 2.05 bits per heavy atom. The fourth-order valence-electron chi connectivity index (χ4n) is 2.01. The molecule has 0 saturated heterocycles. The lowest BCUT2D eigenvalue weighted by Crippen LogP contribution is -2.29. The first-order valence-electron chi connectivity index (χ1n) is 5.75. The van der Waals surface area contributed by atoms with E-state index >= 15 is 0 Å². The van der Waals surface area contributed by atoms with E-state index in [1.54, 1.807) is 12.1 Å². The summed E-state index contributed by atoms with van der Waals surface area (Å²) in [5, 5.41) is 10.1. The number of amides is 1. The fourth-order valence-corrected chi connectivity index (χ4v) is 4.20. The molecule has 0 atom stereocenters. The largest absolute Gasteiger partial charge is 0.476 e. The van der Waals surface area contributed by atoms with Crippen molar-refractivity contribution in [1.82, 2.24) is 9.29 Å². The third-order valence-electron chi connectivity index (χ3n) is 2.95. The predicted octanol–water partition coefficient (Wildman–Crippen LogP) is 1.19. The number of fused-ring (bicyclic) bond motifs is 1. The van der Waals surface area contributed by atoms with E-state index in [0.29, 0.717) is 4.31 Å². The molecule has 9 heteroatoms. The highest BCUT2D eigenvalue weighted by atomic mass is 32.2. The molecule has 1 aromatic carbocycles. The molecule has 0 fully saturated rings. The van der Waals surface area contributed by atoms with Gasteiger partial charge in [-0.2, -0.15) is 0 Å². The van der Waals surface area contributed by atoms with E-state index < -0.39 is 21.9 Å². The van der Waals surface area contributed by atoms with Crippen LogP contribution in [-0.2, 0) is 16.6 Å². The van der Waals surface area contributed by atoms with Gasteiger partial charge in [-0.25, -0.2) is 22.5 Å². The van der Waals surface area contributed by atoms with E-state index in [1.165, 1.54) is 17.5 Å². The second-order valence-electron chi connectivity index (χ2n) is 4.26. The van der Waals surface area contributed by atoms with Gasteiger partial charge in [-0.15, -0.1) is 11.3 Å². The van der Waals surface area contributed by atoms with Gasteiger partial charge in [-0.1, -0.05) is 12.1 Å². The summed E-state index contributed by atoms with van der Waals surface area (Å²) in [6, 6.07) is 5.94. The quantitative estimate of drug-likeness (QED) is 0.909. The number of thiazole rings is 1. The molecule has 1 aliphatic rings. The van der Waals surface area contributed by atoms with Crippen molar-refractivity contribution in [2.24, 2.45) is 0 Å². The molecule has 1 amide bonds. The summed E-state index contributed by atoms with van der Waals surface area (Å²) < 4.78 is 25.3. The summed E-state index contributed by atoms with van der Waals surface area (Å²) in [7, 11) is -3.90. The van der Waals surface area contributed by atoms with E-state index in [2.05, 4.69) is 4.98 Å². The lowest BCUT2D eigenvalue weighted by atomic mass is 10.2. The minimum absolute atomic E-state index is 0.0383. The zero-order valence-corrected chi connectivity index (χ0v) is 12.0. The predicted molar refractivity (Wildman–Crippen MR) is 72.6 cm³/mol. The molecular formula is C12H8N2O5S2. The molecule has 108 valence electrons. The lowest BCUT2D eigenvalue weighted by Gasteiger charge is -2.13. The minimum atomic E-state index is -3.90. The summed E-state index contributed by atoms with van der Waals surface area (Å²) in [5.74, 6) is -1.82. The van der Waals surface area contributed by atoms with Crippen LogP contribution in [0.2, 0.25) is 0 Å². The zero-order valence-electron chi connectivity index (χ0n) is 10.4. The second kappa shape index (κ2) is 4.64. The van der Waals surface area contributed by atoms with Crippen molar-refractivity contribution in [1.29, 1.82) is 0 Å². The van der Waals surface area contributed by atoms with Crippen molar-refractivity contribution in [3.05, 3.63) is 45.9 Å². The SMILES string of the molecule is O=C(O)c1nc(CN2C(=O)c3ccccc3S2(=O)=O)cs1. The summed E-state index contributed by atoms with van der Waals surface area (Å²) in [6.07, 6.45) is 0. The van der Waals surface area contributed by atoms with Crippen LogP contribution in [0.1, 0.15) is 25.9 Å². The van der Waals surface area contributed by atoms with Crippen molar-refractivity contribution in [2.45, 2.75) is 11.4 Å². The van der Waals surface area contributed by atoms with E-state index in [9.17, 15) is 18.0 Å². The van der Waals surface area contributed by atoms with Crippen LogP contribution in [0.25, 0.3) is 0 Å². The molecule has 0 spiro atoms. The van der Waals surface area contributed by atoms with Gasteiger partial charge in [0.15, 0.2) is 0 Å². The third kappa shape index (κ3) is 2.10. The molecule has 0 saturated carbocycles. The Morgan fingerprint density at radius 1 is 1.33 bits per heavy atom. The van der Waals surface area contributed by atoms with Crippen molar-refractivity contribution >= 4 is 33.2 Å². The number of carbonyl (C=O) groups excluding carboxylic acids is 1. The lowest BCUT2D eigenvalue weighted by molar-refractivity contribution is 0.0696. The number of hydrogen-bond acceptors (Lipinski definition) is 6.